The Labute approximate surface area is 233 Å². The minimum atomic E-state index is -0.254. The highest BCUT2D eigenvalue weighted by molar-refractivity contribution is 9.09. The van der Waals surface area contributed by atoms with Crippen molar-refractivity contribution in [3.63, 3.8) is 0 Å². The van der Waals surface area contributed by atoms with Crippen LogP contribution in [0.1, 0.15) is 35.7 Å². The van der Waals surface area contributed by atoms with E-state index in [-0.39, 0.29) is 23.9 Å². The lowest BCUT2D eigenvalue weighted by Gasteiger charge is -2.49. The van der Waals surface area contributed by atoms with Crippen LogP contribution in [0.5, 0.6) is 0 Å². The zero-order chi connectivity index (χ0) is 26.9. The van der Waals surface area contributed by atoms with Gasteiger partial charge in [0.05, 0.1) is 17.5 Å². The number of hydrogen-bond acceptors (Lipinski definition) is 7. The summed E-state index contributed by atoms with van der Waals surface area (Å²) < 4.78 is 1.94. The highest BCUT2D eigenvalue weighted by Gasteiger charge is 2.44. The number of pyridine rings is 1. The first-order valence-corrected chi connectivity index (χ1v) is 14.0. The molecule has 10 nitrogen and oxygen atoms in total. The third kappa shape index (κ3) is 4.78. The number of nitrogens with zero attached hydrogens (tertiary/aromatic N) is 6. The lowest BCUT2D eigenvalue weighted by atomic mass is 9.76. The van der Waals surface area contributed by atoms with Crippen molar-refractivity contribution in [2.45, 2.75) is 31.3 Å². The third-order valence-electron chi connectivity index (χ3n) is 7.54. The van der Waals surface area contributed by atoms with Crippen LogP contribution in [-0.2, 0) is 4.79 Å². The fourth-order valence-electron chi connectivity index (χ4n) is 5.75. The number of nitrogen functional groups attached to an aromatic ring is 1. The lowest BCUT2D eigenvalue weighted by Crippen LogP contribution is -2.55. The molecule has 7 rings (SSSR count). The number of rotatable bonds is 6. The monoisotopic (exact) mass is 586 g/mol. The molecule has 4 aromatic rings. The summed E-state index contributed by atoms with van der Waals surface area (Å²) in [6.45, 7) is 0.762. The largest absolute Gasteiger partial charge is 0.383 e. The predicted octanol–water partition coefficient (Wildman–Crippen LogP) is 4.23. The molecular weight excluding hydrogens is 560 g/mol. The molecule has 5 heterocycles. The number of fused-ring (bicyclic) bond motifs is 4. The minimum absolute atomic E-state index is 0.0206. The van der Waals surface area contributed by atoms with E-state index in [1.807, 2.05) is 33.9 Å². The number of halogens is 1. The molecule has 3 aliphatic rings. The zero-order valence-corrected chi connectivity index (χ0v) is 22.7. The lowest BCUT2D eigenvalue weighted by molar-refractivity contribution is -0.135. The Morgan fingerprint density at radius 2 is 1.92 bits per heavy atom. The molecule has 3 N–H and O–H groups in total. The van der Waals surface area contributed by atoms with E-state index in [4.69, 9.17) is 10.8 Å². The van der Waals surface area contributed by atoms with Crippen LogP contribution in [0.15, 0.2) is 67.1 Å². The van der Waals surface area contributed by atoms with Crippen molar-refractivity contribution < 1.29 is 9.59 Å². The van der Waals surface area contributed by atoms with Gasteiger partial charge in [-0.1, -0.05) is 40.2 Å². The van der Waals surface area contributed by atoms with Crippen LogP contribution in [0.4, 0.5) is 11.6 Å². The fraction of sp³-hybridized carbons (Fsp3) is 0.286. The number of anilines is 2. The number of amides is 2. The number of nitrogens with two attached hydrogens (primary N) is 1. The summed E-state index contributed by atoms with van der Waals surface area (Å²) in [7, 11) is 0. The van der Waals surface area contributed by atoms with Gasteiger partial charge in [0.25, 0.3) is 5.91 Å². The number of allylic oxidation sites excluding steroid dienone is 1. The maximum absolute atomic E-state index is 13.0. The summed E-state index contributed by atoms with van der Waals surface area (Å²) in [5.41, 5.74) is 8.94. The van der Waals surface area contributed by atoms with Crippen molar-refractivity contribution in [2.75, 3.05) is 22.9 Å². The van der Waals surface area contributed by atoms with Gasteiger partial charge in [-0.25, -0.2) is 19.6 Å². The van der Waals surface area contributed by atoms with Gasteiger partial charge in [-0.3, -0.25) is 9.59 Å². The van der Waals surface area contributed by atoms with Crippen LogP contribution in [0.25, 0.3) is 22.3 Å². The highest BCUT2D eigenvalue weighted by atomic mass is 79.9. The average molecular weight is 587 g/mol. The van der Waals surface area contributed by atoms with E-state index >= 15 is 0 Å². The molecule has 1 aromatic carbocycles. The van der Waals surface area contributed by atoms with Crippen molar-refractivity contribution >= 4 is 50.4 Å². The molecule has 198 valence electrons. The summed E-state index contributed by atoms with van der Waals surface area (Å²) in [6, 6.07) is 12.5. The molecule has 3 fully saturated rings. The number of nitrogens with one attached hydrogen (secondary N) is 1. The summed E-state index contributed by atoms with van der Waals surface area (Å²) in [5.74, 6) is 1.00. The molecule has 0 spiro atoms. The topological polar surface area (TPSA) is 132 Å². The summed E-state index contributed by atoms with van der Waals surface area (Å²) in [6.07, 6.45) is 9.48. The van der Waals surface area contributed by atoms with E-state index in [2.05, 4.69) is 36.2 Å². The number of alkyl halides is 1. The molecule has 1 saturated carbocycles. The second kappa shape index (κ2) is 10.6. The Balaban J connectivity index is 1.34. The van der Waals surface area contributed by atoms with Crippen molar-refractivity contribution in [3.05, 3.63) is 72.7 Å². The smallest absolute Gasteiger partial charge is 0.256 e. The second-order valence-electron chi connectivity index (χ2n) is 9.86. The van der Waals surface area contributed by atoms with Crippen LogP contribution >= 0.6 is 15.9 Å². The number of aromatic nitrogens is 5. The van der Waals surface area contributed by atoms with E-state index < -0.39 is 0 Å². The molecule has 2 bridgehead atoms. The first-order chi connectivity index (χ1) is 19.0. The van der Waals surface area contributed by atoms with Crippen molar-refractivity contribution in [3.8, 4) is 11.3 Å². The molecule has 3 atom stereocenters. The van der Waals surface area contributed by atoms with Gasteiger partial charge in [-0.05, 0) is 55.5 Å². The van der Waals surface area contributed by atoms with Gasteiger partial charge >= 0.3 is 0 Å². The van der Waals surface area contributed by atoms with Crippen LogP contribution < -0.4 is 11.1 Å². The van der Waals surface area contributed by atoms with Gasteiger partial charge in [0.2, 0.25) is 5.91 Å². The molecule has 11 heteroatoms. The normalized spacial score (nSPS) is 20.5. The van der Waals surface area contributed by atoms with Crippen LogP contribution in [0.2, 0.25) is 0 Å². The fourth-order valence-corrected chi connectivity index (χ4v) is 5.94. The van der Waals surface area contributed by atoms with Gasteiger partial charge < -0.3 is 16.0 Å². The molecule has 1 aliphatic carbocycles. The van der Waals surface area contributed by atoms with E-state index in [0.717, 1.165) is 31.4 Å². The van der Waals surface area contributed by atoms with Gasteiger partial charge in [0.15, 0.2) is 5.65 Å². The average Bonchev–Trinajstić information content (AvgIpc) is 3.37. The summed E-state index contributed by atoms with van der Waals surface area (Å²) in [5, 5.41) is 9.12. The maximum Gasteiger partial charge on any atom is 0.256 e. The number of benzene rings is 1. The Morgan fingerprint density at radius 1 is 1.08 bits per heavy atom. The predicted molar refractivity (Wildman–Crippen MR) is 152 cm³/mol. The Morgan fingerprint density at radius 3 is 2.67 bits per heavy atom. The second-order valence-corrected chi connectivity index (χ2v) is 10.5. The van der Waals surface area contributed by atoms with Gasteiger partial charge in [-0.15, -0.1) is 0 Å². The standard InChI is InChI=1S/C28H27BrN8O2/c29-12-3-5-23(38)36-15-17-6-11-20(36)21(14-17)37-27-24(26(30)32-16-33-27)25(35-37)18-7-9-19(10-8-18)28(39)34-22-4-1-2-13-31-22/h1-5,7-10,13,16-17,20-21H,6,11-12,14-15H2,(H2,30,32,33)(H,31,34,39)/b5-3+. The van der Waals surface area contributed by atoms with Gasteiger partial charge in [0.1, 0.15) is 23.7 Å². The molecule has 0 radical (unpaired) electrons. The van der Waals surface area contributed by atoms with Crippen molar-refractivity contribution in [1.82, 2.24) is 29.6 Å². The number of hydrogen-bond donors (Lipinski definition) is 2. The van der Waals surface area contributed by atoms with Crippen molar-refractivity contribution in [2.24, 2.45) is 5.92 Å². The zero-order valence-electron chi connectivity index (χ0n) is 21.1. The first kappa shape index (κ1) is 25.2. The van der Waals surface area contributed by atoms with Crippen LogP contribution in [0.3, 0.4) is 0 Å². The molecule has 2 aliphatic heterocycles. The molecule has 2 saturated heterocycles. The summed E-state index contributed by atoms with van der Waals surface area (Å²) in [4.78, 5) is 40.6. The molecule has 3 unspecified atom stereocenters. The molecular formula is C28H27BrN8O2. The summed E-state index contributed by atoms with van der Waals surface area (Å²) >= 11 is 3.35. The first-order valence-electron chi connectivity index (χ1n) is 12.9. The Kier molecular flexibility index (Phi) is 6.82. The van der Waals surface area contributed by atoms with E-state index in [1.54, 1.807) is 36.5 Å². The van der Waals surface area contributed by atoms with Gasteiger partial charge in [0, 0.05) is 29.2 Å². The van der Waals surface area contributed by atoms with E-state index in [9.17, 15) is 9.59 Å². The molecule has 2 amide bonds. The van der Waals surface area contributed by atoms with Gasteiger partial charge in [-0.2, -0.15) is 5.10 Å². The Hall–Kier alpha value is -4.12. The quantitative estimate of drug-likeness (QED) is 0.255. The SMILES string of the molecule is Nc1ncnc2c1c(-c1ccc(C(=O)Nc3ccccn3)cc1)nn2C1CC2CCC1N(C(=O)/C=C/CBr)C2. The van der Waals surface area contributed by atoms with Crippen LogP contribution in [0, 0.1) is 5.92 Å². The Bertz CT molecular complexity index is 1550. The minimum Gasteiger partial charge on any atom is -0.383 e. The molecule has 3 aromatic heterocycles. The maximum atomic E-state index is 13.0. The van der Waals surface area contributed by atoms with E-state index in [1.165, 1.54) is 6.33 Å². The number of piperidine rings is 2. The number of carbonyl (C=O) groups excluding carboxylic acids is 2. The van der Waals surface area contributed by atoms with Crippen LogP contribution in [-0.4, -0.2) is 59.4 Å². The molecule has 39 heavy (non-hydrogen) atoms. The highest BCUT2D eigenvalue weighted by Crippen LogP contribution is 2.44. The van der Waals surface area contributed by atoms with E-state index in [0.29, 0.717) is 45.2 Å². The number of carbonyl (C=O) groups is 2. The third-order valence-corrected chi connectivity index (χ3v) is 7.91. The van der Waals surface area contributed by atoms with Crippen molar-refractivity contribution in [1.29, 1.82) is 0 Å².